The number of anilines is 1. The van der Waals surface area contributed by atoms with Crippen molar-refractivity contribution in [1.82, 2.24) is 9.78 Å². The summed E-state index contributed by atoms with van der Waals surface area (Å²) in [6.07, 6.45) is -0.116. The number of fused-ring (bicyclic) bond motifs is 1. The highest BCUT2D eigenvalue weighted by Gasteiger charge is 2.19. The average molecular weight is 401 g/mol. The lowest BCUT2D eigenvalue weighted by molar-refractivity contribution is -0.153. The Morgan fingerprint density at radius 3 is 2.72 bits per heavy atom. The number of amides is 1. The van der Waals surface area contributed by atoms with Crippen molar-refractivity contribution in [3.8, 4) is 0 Å². The van der Waals surface area contributed by atoms with Crippen molar-refractivity contribution in [3.63, 3.8) is 0 Å². The monoisotopic (exact) mass is 401 g/mol. The van der Waals surface area contributed by atoms with Crippen LogP contribution in [-0.2, 0) is 20.9 Å². The first-order chi connectivity index (χ1) is 13.8. The van der Waals surface area contributed by atoms with Crippen LogP contribution in [0.25, 0.3) is 10.9 Å². The van der Waals surface area contributed by atoms with Gasteiger partial charge < -0.3 is 10.1 Å². The molecule has 0 bridgehead atoms. The molecule has 1 heterocycles. The molecule has 1 atom stereocenters. The summed E-state index contributed by atoms with van der Waals surface area (Å²) >= 11 is 0. The molecule has 0 saturated carbocycles. The molecule has 29 heavy (non-hydrogen) atoms. The van der Waals surface area contributed by atoms with Crippen molar-refractivity contribution < 1.29 is 23.1 Å². The summed E-state index contributed by atoms with van der Waals surface area (Å²) in [5, 5.41) is 6.72. The molecule has 0 aliphatic carbocycles. The number of benzene rings is 2. The summed E-state index contributed by atoms with van der Waals surface area (Å²) in [4.78, 5) is 36.0. The molecule has 7 nitrogen and oxygen atoms in total. The molecule has 0 aliphatic heterocycles. The molecule has 2 aromatic carbocycles. The Balaban J connectivity index is 1.58. The first-order valence-electron chi connectivity index (χ1n) is 8.75. The summed E-state index contributed by atoms with van der Waals surface area (Å²) < 4.78 is 33.1. The normalized spacial score (nSPS) is 11.8. The number of carbonyl (C=O) groups is 2. The number of halogens is 2. The molecule has 150 valence electrons. The second-order valence-electron chi connectivity index (χ2n) is 6.24. The summed E-state index contributed by atoms with van der Waals surface area (Å²) in [7, 11) is 0. The van der Waals surface area contributed by atoms with Crippen molar-refractivity contribution in [2.75, 3.05) is 5.32 Å². The number of aromatic nitrogens is 2. The van der Waals surface area contributed by atoms with Crippen LogP contribution in [0.1, 0.15) is 13.3 Å². The Morgan fingerprint density at radius 1 is 1.21 bits per heavy atom. The maximum Gasteiger partial charge on any atom is 0.308 e. The van der Waals surface area contributed by atoms with E-state index in [-0.39, 0.29) is 24.1 Å². The van der Waals surface area contributed by atoms with Crippen LogP contribution in [0.3, 0.4) is 0 Å². The van der Waals surface area contributed by atoms with Gasteiger partial charge in [0, 0.05) is 11.5 Å². The van der Waals surface area contributed by atoms with Crippen LogP contribution in [0.4, 0.5) is 14.5 Å². The van der Waals surface area contributed by atoms with E-state index in [2.05, 4.69) is 10.4 Å². The van der Waals surface area contributed by atoms with Crippen LogP contribution in [-0.4, -0.2) is 27.8 Å². The fraction of sp³-hybridized carbons (Fsp3) is 0.200. The van der Waals surface area contributed by atoms with Gasteiger partial charge in [0.2, 0.25) is 5.43 Å². The predicted molar refractivity (Wildman–Crippen MR) is 101 cm³/mol. The van der Waals surface area contributed by atoms with Gasteiger partial charge in [-0.25, -0.2) is 8.78 Å². The van der Waals surface area contributed by atoms with Gasteiger partial charge in [-0.3, -0.25) is 19.1 Å². The van der Waals surface area contributed by atoms with Crippen molar-refractivity contribution in [3.05, 3.63) is 70.5 Å². The van der Waals surface area contributed by atoms with Gasteiger partial charge >= 0.3 is 5.97 Å². The Kier molecular flexibility index (Phi) is 5.96. The van der Waals surface area contributed by atoms with E-state index in [1.807, 2.05) is 0 Å². The van der Waals surface area contributed by atoms with Gasteiger partial charge in [0.1, 0.15) is 11.6 Å². The Labute approximate surface area is 163 Å². The first-order valence-corrected chi connectivity index (χ1v) is 8.75. The highest BCUT2D eigenvalue weighted by molar-refractivity contribution is 5.95. The Hall–Kier alpha value is -3.62. The van der Waals surface area contributed by atoms with E-state index in [4.69, 9.17) is 4.74 Å². The maximum absolute atomic E-state index is 13.6. The summed E-state index contributed by atoms with van der Waals surface area (Å²) in [5.74, 6) is -3.13. The molecule has 1 N–H and O–H groups in total. The van der Waals surface area contributed by atoms with E-state index in [0.717, 1.165) is 12.1 Å². The van der Waals surface area contributed by atoms with E-state index in [1.54, 1.807) is 24.3 Å². The largest absolute Gasteiger partial charge is 0.452 e. The van der Waals surface area contributed by atoms with E-state index < -0.39 is 29.6 Å². The molecule has 9 heteroatoms. The third-order valence-electron chi connectivity index (χ3n) is 4.16. The summed E-state index contributed by atoms with van der Waals surface area (Å²) in [6.45, 7) is 1.47. The average Bonchev–Trinajstić information content (AvgIpc) is 2.69. The van der Waals surface area contributed by atoms with E-state index >= 15 is 0 Å². The van der Waals surface area contributed by atoms with E-state index in [1.165, 1.54) is 17.8 Å². The zero-order valence-corrected chi connectivity index (χ0v) is 15.4. The van der Waals surface area contributed by atoms with Crippen molar-refractivity contribution in [1.29, 1.82) is 0 Å². The molecule has 0 spiro atoms. The lowest BCUT2D eigenvalue weighted by Gasteiger charge is -2.14. The molecular weight excluding hydrogens is 384 g/mol. The lowest BCUT2D eigenvalue weighted by atomic mass is 10.2. The first kappa shape index (κ1) is 20.1. The van der Waals surface area contributed by atoms with E-state index in [9.17, 15) is 23.2 Å². The molecule has 0 saturated heterocycles. The minimum absolute atomic E-state index is 0.0948. The Bertz CT molecular complexity index is 1130. The molecule has 3 rings (SSSR count). The van der Waals surface area contributed by atoms with Crippen LogP contribution in [0, 0.1) is 11.6 Å². The number of aryl methyl sites for hydroxylation is 1. The molecule has 0 aliphatic rings. The zero-order chi connectivity index (χ0) is 21.0. The van der Waals surface area contributed by atoms with Crippen molar-refractivity contribution in [2.45, 2.75) is 26.0 Å². The molecule has 0 unspecified atom stereocenters. The quantitative estimate of drug-likeness (QED) is 0.642. The predicted octanol–water partition coefficient (Wildman–Crippen LogP) is 2.64. The highest BCUT2D eigenvalue weighted by Crippen LogP contribution is 2.15. The molecule has 0 radical (unpaired) electrons. The number of esters is 1. The number of para-hydroxylation sites is 1. The second-order valence-corrected chi connectivity index (χ2v) is 6.24. The van der Waals surface area contributed by atoms with Crippen molar-refractivity contribution >= 4 is 28.5 Å². The van der Waals surface area contributed by atoms with E-state index in [0.29, 0.717) is 17.0 Å². The number of nitrogens with zero attached hydrogens (tertiary/aromatic N) is 2. The maximum atomic E-state index is 13.6. The van der Waals surface area contributed by atoms with Crippen LogP contribution in [0.15, 0.2) is 53.5 Å². The van der Waals surface area contributed by atoms with Gasteiger partial charge in [-0.05, 0) is 31.2 Å². The van der Waals surface area contributed by atoms with Gasteiger partial charge in [-0.15, -0.1) is 0 Å². The number of rotatable bonds is 6. The summed E-state index contributed by atoms with van der Waals surface area (Å²) in [5.41, 5.74) is 0.131. The summed E-state index contributed by atoms with van der Waals surface area (Å²) in [6, 6.07) is 9.55. The van der Waals surface area contributed by atoms with Gasteiger partial charge in [0.15, 0.2) is 6.10 Å². The van der Waals surface area contributed by atoms with Gasteiger partial charge in [0.25, 0.3) is 5.91 Å². The number of ether oxygens (including phenoxy) is 1. The number of hydrogen-bond donors (Lipinski definition) is 1. The molecule has 1 aromatic heterocycles. The van der Waals surface area contributed by atoms with Crippen molar-refractivity contribution in [2.24, 2.45) is 0 Å². The number of carbonyl (C=O) groups excluding carboxylic acids is 2. The molecule has 3 aromatic rings. The third-order valence-corrected chi connectivity index (χ3v) is 4.16. The van der Waals surface area contributed by atoms with Crippen LogP contribution in [0.5, 0.6) is 0 Å². The SMILES string of the molecule is C[C@H](OC(=O)CCn1ncc(=O)c2ccccc21)C(=O)Nc1ccc(F)cc1F. The zero-order valence-electron chi connectivity index (χ0n) is 15.4. The smallest absolute Gasteiger partial charge is 0.308 e. The molecular formula is C20H17F2N3O4. The van der Waals surface area contributed by atoms with Gasteiger partial charge in [0.05, 0.1) is 30.4 Å². The molecule has 1 amide bonds. The van der Waals surface area contributed by atoms with Crippen LogP contribution < -0.4 is 10.7 Å². The fourth-order valence-corrected chi connectivity index (χ4v) is 2.67. The topological polar surface area (TPSA) is 90.3 Å². The van der Waals surface area contributed by atoms with Crippen LogP contribution >= 0.6 is 0 Å². The lowest BCUT2D eigenvalue weighted by Crippen LogP contribution is -2.30. The minimum atomic E-state index is -1.19. The highest BCUT2D eigenvalue weighted by atomic mass is 19.1. The fourth-order valence-electron chi connectivity index (χ4n) is 2.67. The number of nitrogens with one attached hydrogen (secondary N) is 1. The van der Waals surface area contributed by atoms with Crippen LogP contribution in [0.2, 0.25) is 0 Å². The van der Waals surface area contributed by atoms with Gasteiger partial charge in [-0.2, -0.15) is 5.10 Å². The Morgan fingerprint density at radius 2 is 1.97 bits per heavy atom. The molecule has 0 fully saturated rings. The minimum Gasteiger partial charge on any atom is -0.452 e. The third kappa shape index (κ3) is 4.81. The number of hydrogen-bond acceptors (Lipinski definition) is 5. The second kappa shape index (κ2) is 8.59. The standard InChI is InChI=1S/C20H17F2N3O4/c1-12(20(28)24-16-7-6-13(21)10-15(16)22)29-19(27)8-9-25-17-5-3-2-4-14(17)18(26)11-23-25/h2-7,10-12H,8-9H2,1H3,(H,24,28)/t12-/m0/s1. The van der Waals surface area contributed by atoms with Gasteiger partial charge in [-0.1, -0.05) is 12.1 Å².